The SMILES string of the molecule is CCOC(C(O)Cc1ccncc1Cl)C1CC1. The van der Waals surface area contributed by atoms with Gasteiger partial charge in [-0.25, -0.2) is 0 Å². The van der Waals surface area contributed by atoms with Gasteiger partial charge in [0.2, 0.25) is 0 Å². The third-order valence-electron chi connectivity index (χ3n) is 3.11. The lowest BCUT2D eigenvalue weighted by Gasteiger charge is -2.23. The zero-order valence-electron chi connectivity index (χ0n) is 9.97. The number of hydrogen-bond donors (Lipinski definition) is 1. The molecule has 1 N–H and O–H groups in total. The average molecular weight is 256 g/mol. The second-order valence-electron chi connectivity index (χ2n) is 4.50. The van der Waals surface area contributed by atoms with Crippen molar-refractivity contribution in [3.8, 4) is 0 Å². The molecule has 17 heavy (non-hydrogen) atoms. The Kier molecular flexibility index (Phi) is 4.37. The van der Waals surface area contributed by atoms with E-state index in [1.165, 1.54) is 0 Å². The first-order valence-corrected chi connectivity index (χ1v) is 6.48. The lowest BCUT2D eigenvalue weighted by atomic mass is 10.0. The summed E-state index contributed by atoms with van der Waals surface area (Å²) in [6.45, 7) is 2.60. The van der Waals surface area contributed by atoms with Gasteiger partial charge in [-0.05, 0) is 37.3 Å². The molecule has 1 fully saturated rings. The van der Waals surface area contributed by atoms with Crippen LogP contribution in [0, 0.1) is 5.92 Å². The van der Waals surface area contributed by atoms with Crippen molar-refractivity contribution in [2.24, 2.45) is 5.92 Å². The predicted molar refractivity (Wildman–Crippen MR) is 67.1 cm³/mol. The van der Waals surface area contributed by atoms with E-state index < -0.39 is 6.10 Å². The lowest BCUT2D eigenvalue weighted by molar-refractivity contribution is -0.0439. The molecule has 3 nitrogen and oxygen atoms in total. The zero-order valence-corrected chi connectivity index (χ0v) is 10.7. The standard InChI is InChI=1S/C13H18ClNO2/c1-2-17-13(9-3-4-9)12(16)7-10-5-6-15-8-11(10)14/h5-6,8-9,12-13,16H,2-4,7H2,1H3. The van der Waals surface area contributed by atoms with Gasteiger partial charge in [-0.15, -0.1) is 0 Å². The Balaban J connectivity index is 1.99. The fraction of sp³-hybridized carbons (Fsp3) is 0.615. The Labute approximate surface area is 107 Å². The summed E-state index contributed by atoms with van der Waals surface area (Å²) < 4.78 is 5.63. The number of halogens is 1. The van der Waals surface area contributed by atoms with E-state index in [9.17, 15) is 5.11 Å². The van der Waals surface area contributed by atoms with Crippen LogP contribution in [-0.4, -0.2) is 28.9 Å². The first-order chi connectivity index (χ1) is 8.22. The molecule has 0 aliphatic heterocycles. The molecule has 0 spiro atoms. The number of hydrogen-bond acceptors (Lipinski definition) is 3. The van der Waals surface area contributed by atoms with Crippen molar-refractivity contribution in [3.05, 3.63) is 29.0 Å². The van der Waals surface area contributed by atoms with Gasteiger partial charge in [0.15, 0.2) is 0 Å². The Morgan fingerprint density at radius 2 is 2.35 bits per heavy atom. The van der Waals surface area contributed by atoms with E-state index in [1.54, 1.807) is 12.4 Å². The summed E-state index contributed by atoms with van der Waals surface area (Å²) in [6.07, 6.45) is 5.61. The molecule has 0 bridgehead atoms. The number of aliphatic hydroxyl groups excluding tert-OH is 1. The van der Waals surface area contributed by atoms with Gasteiger partial charge in [-0.1, -0.05) is 11.6 Å². The quantitative estimate of drug-likeness (QED) is 0.849. The molecule has 2 atom stereocenters. The first-order valence-electron chi connectivity index (χ1n) is 6.10. The number of aliphatic hydroxyl groups is 1. The van der Waals surface area contributed by atoms with Gasteiger partial charge in [0.1, 0.15) is 0 Å². The van der Waals surface area contributed by atoms with Gasteiger partial charge in [0.05, 0.1) is 17.2 Å². The third kappa shape index (κ3) is 3.41. The Morgan fingerprint density at radius 3 is 2.94 bits per heavy atom. The minimum atomic E-state index is -0.484. The van der Waals surface area contributed by atoms with E-state index in [0.29, 0.717) is 24.0 Å². The maximum Gasteiger partial charge on any atom is 0.0865 e. The minimum absolute atomic E-state index is 0.0516. The Hall–Kier alpha value is -0.640. The molecular formula is C13H18ClNO2. The number of ether oxygens (including phenoxy) is 1. The maximum atomic E-state index is 10.2. The fourth-order valence-electron chi connectivity index (χ4n) is 2.09. The van der Waals surface area contributed by atoms with Crippen LogP contribution < -0.4 is 0 Å². The van der Waals surface area contributed by atoms with Crippen LogP contribution in [0.3, 0.4) is 0 Å². The minimum Gasteiger partial charge on any atom is -0.390 e. The van der Waals surface area contributed by atoms with Crippen LogP contribution in [0.2, 0.25) is 5.02 Å². The molecule has 0 radical (unpaired) electrons. The van der Waals surface area contributed by atoms with E-state index in [2.05, 4.69) is 4.98 Å². The molecule has 94 valence electrons. The first kappa shape index (κ1) is 12.8. The van der Waals surface area contributed by atoms with Crippen molar-refractivity contribution >= 4 is 11.6 Å². The maximum absolute atomic E-state index is 10.2. The van der Waals surface area contributed by atoms with Crippen molar-refractivity contribution in [1.29, 1.82) is 0 Å². The van der Waals surface area contributed by atoms with Crippen molar-refractivity contribution < 1.29 is 9.84 Å². The molecule has 1 aromatic heterocycles. The van der Waals surface area contributed by atoms with Gasteiger partial charge in [0, 0.05) is 25.4 Å². The van der Waals surface area contributed by atoms with Crippen LogP contribution in [0.1, 0.15) is 25.3 Å². The monoisotopic (exact) mass is 255 g/mol. The van der Waals surface area contributed by atoms with Crippen molar-refractivity contribution in [1.82, 2.24) is 4.98 Å². The van der Waals surface area contributed by atoms with Crippen molar-refractivity contribution in [3.63, 3.8) is 0 Å². The molecule has 1 aliphatic carbocycles. The van der Waals surface area contributed by atoms with Gasteiger partial charge < -0.3 is 9.84 Å². The van der Waals surface area contributed by atoms with Crippen LogP contribution in [-0.2, 0) is 11.2 Å². The van der Waals surface area contributed by atoms with Crippen LogP contribution >= 0.6 is 11.6 Å². The second kappa shape index (κ2) is 5.80. The molecule has 1 aromatic rings. The predicted octanol–water partition coefficient (Wildman–Crippen LogP) is 2.45. The van der Waals surface area contributed by atoms with E-state index in [-0.39, 0.29) is 6.10 Å². The number of nitrogens with zero attached hydrogens (tertiary/aromatic N) is 1. The number of rotatable bonds is 6. The van der Waals surface area contributed by atoms with Crippen molar-refractivity contribution in [2.45, 2.75) is 38.4 Å². The summed E-state index contributed by atoms with van der Waals surface area (Å²) in [5, 5.41) is 10.8. The fourth-order valence-corrected chi connectivity index (χ4v) is 2.29. The van der Waals surface area contributed by atoms with E-state index in [0.717, 1.165) is 18.4 Å². The highest BCUT2D eigenvalue weighted by Crippen LogP contribution is 2.36. The Bertz CT molecular complexity index is 368. The molecular weight excluding hydrogens is 238 g/mol. The van der Waals surface area contributed by atoms with Gasteiger partial charge in [-0.3, -0.25) is 4.98 Å². The lowest BCUT2D eigenvalue weighted by Crippen LogP contribution is -2.33. The molecule has 0 saturated heterocycles. The smallest absolute Gasteiger partial charge is 0.0865 e. The summed E-state index contributed by atoms with van der Waals surface area (Å²) in [6, 6.07) is 1.85. The third-order valence-corrected chi connectivity index (χ3v) is 3.45. The van der Waals surface area contributed by atoms with Crippen LogP contribution in [0.4, 0.5) is 0 Å². The molecule has 2 unspecified atom stereocenters. The van der Waals surface area contributed by atoms with Crippen molar-refractivity contribution in [2.75, 3.05) is 6.61 Å². The molecule has 1 saturated carbocycles. The average Bonchev–Trinajstić information content (AvgIpc) is 3.13. The van der Waals surface area contributed by atoms with E-state index in [1.807, 2.05) is 13.0 Å². The van der Waals surface area contributed by atoms with Gasteiger partial charge in [0.25, 0.3) is 0 Å². The molecule has 4 heteroatoms. The summed E-state index contributed by atoms with van der Waals surface area (Å²) >= 11 is 6.03. The van der Waals surface area contributed by atoms with Crippen LogP contribution in [0.5, 0.6) is 0 Å². The molecule has 1 heterocycles. The normalized spacial score (nSPS) is 19.0. The van der Waals surface area contributed by atoms with Crippen LogP contribution in [0.25, 0.3) is 0 Å². The van der Waals surface area contributed by atoms with E-state index >= 15 is 0 Å². The molecule has 0 amide bonds. The summed E-state index contributed by atoms with van der Waals surface area (Å²) in [5.41, 5.74) is 0.930. The summed E-state index contributed by atoms with van der Waals surface area (Å²) in [7, 11) is 0. The van der Waals surface area contributed by atoms with E-state index in [4.69, 9.17) is 16.3 Å². The summed E-state index contributed by atoms with van der Waals surface area (Å²) in [5.74, 6) is 0.519. The highest BCUT2D eigenvalue weighted by molar-refractivity contribution is 6.31. The molecule has 0 aromatic carbocycles. The van der Waals surface area contributed by atoms with Gasteiger partial charge in [-0.2, -0.15) is 0 Å². The zero-order chi connectivity index (χ0) is 12.3. The number of aromatic nitrogens is 1. The summed E-state index contributed by atoms with van der Waals surface area (Å²) in [4.78, 5) is 3.94. The van der Waals surface area contributed by atoms with Crippen LogP contribution in [0.15, 0.2) is 18.5 Å². The highest BCUT2D eigenvalue weighted by Gasteiger charge is 2.36. The second-order valence-corrected chi connectivity index (χ2v) is 4.90. The highest BCUT2D eigenvalue weighted by atomic mass is 35.5. The molecule has 1 aliphatic rings. The Morgan fingerprint density at radius 1 is 1.59 bits per heavy atom. The largest absolute Gasteiger partial charge is 0.390 e. The van der Waals surface area contributed by atoms with Gasteiger partial charge >= 0.3 is 0 Å². The number of pyridine rings is 1. The topological polar surface area (TPSA) is 42.4 Å². The molecule has 2 rings (SSSR count).